The van der Waals surface area contributed by atoms with Crippen LogP contribution in [0.1, 0.15) is 21.5 Å². The van der Waals surface area contributed by atoms with Crippen molar-refractivity contribution in [2.24, 2.45) is 0 Å². The molecule has 6 heteroatoms. The Kier molecular flexibility index (Phi) is 5.17. The molecule has 0 aromatic heterocycles. The minimum atomic E-state index is -1.09. The molecule has 0 unspecified atom stereocenters. The number of benzene rings is 2. The molecule has 0 bridgehead atoms. The Morgan fingerprint density at radius 1 is 1.18 bits per heavy atom. The van der Waals surface area contributed by atoms with E-state index in [1.54, 1.807) is 30.3 Å². The van der Waals surface area contributed by atoms with E-state index in [0.29, 0.717) is 11.3 Å². The third kappa shape index (κ3) is 4.11. The molecule has 0 aliphatic carbocycles. The van der Waals surface area contributed by atoms with Crippen molar-refractivity contribution in [3.63, 3.8) is 0 Å². The monoisotopic (exact) mass is 312 g/mol. The Labute approximate surface area is 131 Å². The second-order valence-corrected chi connectivity index (χ2v) is 5.31. The molecular weight excluding hydrogens is 300 g/mol. The number of nitrogens with one attached hydrogen (secondary N) is 1. The lowest BCUT2D eigenvalue weighted by molar-refractivity contribution is 0.0698. The van der Waals surface area contributed by atoms with Gasteiger partial charge < -0.3 is 10.4 Å². The lowest BCUT2D eigenvalue weighted by atomic mass is 10.2. The van der Waals surface area contributed by atoms with Crippen molar-refractivity contribution < 1.29 is 14.7 Å². The summed E-state index contributed by atoms with van der Waals surface area (Å²) in [5.74, 6) is -0.695. The van der Waals surface area contributed by atoms with Crippen LogP contribution in [0, 0.1) is 11.3 Å². The molecule has 2 rings (SSSR count). The second-order valence-electron chi connectivity index (χ2n) is 4.36. The van der Waals surface area contributed by atoms with Gasteiger partial charge in [-0.2, -0.15) is 5.26 Å². The van der Waals surface area contributed by atoms with E-state index in [2.05, 4.69) is 5.32 Å². The molecule has 1 amide bonds. The number of para-hydroxylation sites is 1. The molecule has 0 fully saturated rings. The SMILES string of the molecule is N#Cc1cccc(CSC(=O)Nc2ccccc2C(=O)O)c1. The highest BCUT2D eigenvalue weighted by Crippen LogP contribution is 2.20. The summed E-state index contributed by atoms with van der Waals surface area (Å²) in [5.41, 5.74) is 1.70. The molecule has 0 spiro atoms. The molecule has 0 heterocycles. The molecule has 22 heavy (non-hydrogen) atoms. The van der Waals surface area contributed by atoms with E-state index >= 15 is 0 Å². The summed E-state index contributed by atoms with van der Waals surface area (Å²) in [6.45, 7) is 0. The number of carboxylic acid groups (broad SMARTS) is 1. The van der Waals surface area contributed by atoms with Crippen LogP contribution in [-0.2, 0) is 5.75 Å². The minimum Gasteiger partial charge on any atom is -0.478 e. The molecule has 0 atom stereocenters. The van der Waals surface area contributed by atoms with Crippen molar-refractivity contribution in [2.75, 3.05) is 5.32 Å². The van der Waals surface area contributed by atoms with E-state index in [0.717, 1.165) is 17.3 Å². The van der Waals surface area contributed by atoms with Gasteiger partial charge in [-0.3, -0.25) is 4.79 Å². The molecule has 0 saturated heterocycles. The molecule has 0 aliphatic rings. The fourth-order valence-corrected chi connectivity index (χ4v) is 2.46. The fourth-order valence-electron chi connectivity index (χ4n) is 1.80. The number of carbonyl (C=O) groups is 2. The van der Waals surface area contributed by atoms with Crippen molar-refractivity contribution >= 4 is 28.7 Å². The summed E-state index contributed by atoms with van der Waals surface area (Å²) in [5, 5.41) is 20.1. The van der Waals surface area contributed by atoms with Gasteiger partial charge in [0.1, 0.15) is 0 Å². The number of amides is 1. The van der Waals surface area contributed by atoms with Crippen LogP contribution in [0.4, 0.5) is 10.5 Å². The highest BCUT2D eigenvalue weighted by atomic mass is 32.2. The maximum absolute atomic E-state index is 11.9. The summed E-state index contributed by atoms with van der Waals surface area (Å²) in [6, 6.07) is 15.2. The third-order valence-electron chi connectivity index (χ3n) is 2.82. The van der Waals surface area contributed by atoms with Gasteiger partial charge >= 0.3 is 5.97 Å². The van der Waals surface area contributed by atoms with Gasteiger partial charge in [-0.05, 0) is 29.8 Å². The lowest BCUT2D eigenvalue weighted by Gasteiger charge is -2.07. The molecular formula is C16H12N2O3S. The highest BCUT2D eigenvalue weighted by Gasteiger charge is 2.12. The maximum atomic E-state index is 11.9. The maximum Gasteiger partial charge on any atom is 0.337 e. The van der Waals surface area contributed by atoms with Crippen LogP contribution >= 0.6 is 11.8 Å². The first-order chi connectivity index (χ1) is 10.6. The summed E-state index contributed by atoms with van der Waals surface area (Å²) >= 11 is 1.01. The number of rotatable bonds is 4. The van der Waals surface area contributed by atoms with E-state index in [9.17, 15) is 9.59 Å². The number of carboxylic acids is 1. The minimum absolute atomic E-state index is 0.0444. The smallest absolute Gasteiger partial charge is 0.337 e. The number of aromatic carboxylic acids is 1. The van der Waals surface area contributed by atoms with E-state index in [-0.39, 0.29) is 16.5 Å². The number of carbonyl (C=O) groups excluding carboxylic acids is 1. The standard InChI is InChI=1S/C16H12N2O3S/c17-9-11-4-3-5-12(8-11)10-22-16(21)18-14-7-2-1-6-13(14)15(19)20/h1-8H,10H2,(H,18,21)(H,19,20). The first kappa shape index (κ1) is 15.6. The van der Waals surface area contributed by atoms with Crippen LogP contribution in [0.15, 0.2) is 48.5 Å². The Morgan fingerprint density at radius 3 is 2.68 bits per heavy atom. The molecule has 2 N–H and O–H groups in total. The van der Waals surface area contributed by atoms with E-state index in [1.807, 2.05) is 12.1 Å². The predicted molar refractivity (Wildman–Crippen MR) is 84.9 cm³/mol. The summed E-state index contributed by atoms with van der Waals surface area (Å²) in [7, 11) is 0. The van der Waals surface area contributed by atoms with Crippen LogP contribution in [-0.4, -0.2) is 16.3 Å². The molecule has 2 aromatic rings. The molecule has 0 aliphatic heterocycles. The average Bonchev–Trinajstić information content (AvgIpc) is 2.53. The Morgan fingerprint density at radius 2 is 1.95 bits per heavy atom. The van der Waals surface area contributed by atoms with Gasteiger partial charge in [0.2, 0.25) is 0 Å². The number of thioether (sulfide) groups is 1. The quantitative estimate of drug-likeness (QED) is 0.898. The molecule has 5 nitrogen and oxygen atoms in total. The van der Waals surface area contributed by atoms with Gasteiger partial charge in [0.05, 0.1) is 22.9 Å². The predicted octanol–water partition coefficient (Wildman–Crippen LogP) is 3.72. The summed E-state index contributed by atoms with van der Waals surface area (Å²) in [6.07, 6.45) is 0. The zero-order valence-electron chi connectivity index (χ0n) is 11.4. The normalized spacial score (nSPS) is 9.77. The van der Waals surface area contributed by atoms with Gasteiger partial charge in [0.25, 0.3) is 5.24 Å². The van der Waals surface area contributed by atoms with Crippen LogP contribution in [0.3, 0.4) is 0 Å². The van der Waals surface area contributed by atoms with Crippen molar-refractivity contribution in [3.05, 3.63) is 65.2 Å². The van der Waals surface area contributed by atoms with Crippen LogP contribution < -0.4 is 5.32 Å². The van der Waals surface area contributed by atoms with E-state index in [4.69, 9.17) is 10.4 Å². The average molecular weight is 312 g/mol. The first-order valence-corrected chi connectivity index (χ1v) is 7.34. The zero-order chi connectivity index (χ0) is 15.9. The Balaban J connectivity index is 1.99. The number of anilines is 1. The molecule has 0 saturated carbocycles. The topological polar surface area (TPSA) is 90.2 Å². The van der Waals surface area contributed by atoms with Gasteiger partial charge in [0, 0.05) is 5.75 Å². The van der Waals surface area contributed by atoms with Crippen molar-refractivity contribution in [1.82, 2.24) is 0 Å². The number of nitriles is 1. The van der Waals surface area contributed by atoms with Gasteiger partial charge in [-0.25, -0.2) is 4.79 Å². The van der Waals surface area contributed by atoms with Crippen LogP contribution in [0.25, 0.3) is 0 Å². The highest BCUT2D eigenvalue weighted by molar-refractivity contribution is 8.13. The largest absolute Gasteiger partial charge is 0.478 e. The Hall–Kier alpha value is -2.78. The number of hydrogen-bond donors (Lipinski definition) is 2. The molecule has 2 aromatic carbocycles. The van der Waals surface area contributed by atoms with E-state index < -0.39 is 5.97 Å². The fraction of sp³-hybridized carbons (Fsp3) is 0.0625. The number of hydrogen-bond acceptors (Lipinski definition) is 4. The zero-order valence-corrected chi connectivity index (χ0v) is 12.3. The van der Waals surface area contributed by atoms with Crippen molar-refractivity contribution in [2.45, 2.75) is 5.75 Å². The second kappa shape index (κ2) is 7.29. The van der Waals surface area contributed by atoms with Gasteiger partial charge in [0.15, 0.2) is 0 Å². The Bertz CT molecular complexity index is 753. The summed E-state index contributed by atoms with van der Waals surface area (Å²) < 4.78 is 0. The van der Waals surface area contributed by atoms with Gasteiger partial charge in [-0.15, -0.1) is 0 Å². The first-order valence-electron chi connectivity index (χ1n) is 6.35. The van der Waals surface area contributed by atoms with Crippen molar-refractivity contribution in [1.29, 1.82) is 5.26 Å². The lowest BCUT2D eigenvalue weighted by Crippen LogP contribution is -2.10. The molecule has 0 radical (unpaired) electrons. The van der Waals surface area contributed by atoms with Crippen molar-refractivity contribution in [3.8, 4) is 6.07 Å². The summed E-state index contributed by atoms with van der Waals surface area (Å²) in [4.78, 5) is 23.0. The number of nitrogens with zero attached hydrogens (tertiary/aromatic N) is 1. The van der Waals surface area contributed by atoms with Crippen LogP contribution in [0.2, 0.25) is 0 Å². The van der Waals surface area contributed by atoms with Crippen LogP contribution in [0.5, 0.6) is 0 Å². The van der Waals surface area contributed by atoms with Gasteiger partial charge in [-0.1, -0.05) is 36.0 Å². The van der Waals surface area contributed by atoms with E-state index in [1.165, 1.54) is 12.1 Å². The third-order valence-corrected chi connectivity index (χ3v) is 3.66. The molecule has 110 valence electrons.